The van der Waals surface area contributed by atoms with Gasteiger partial charge in [-0.1, -0.05) is 18.2 Å². The molecule has 2 rings (SSSR count). The molecule has 0 spiro atoms. The number of aryl methyl sites for hydroxylation is 1. The predicted molar refractivity (Wildman–Crippen MR) is 91.1 cm³/mol. The molecule has 1 aliphatic heterocycles. The van der Waals surface area contributed by atoms with Gasteiger partial charge in [0.25, 0.3) is 0 Å². The molecule has 5 nitrogen and oxygen atoms in total. The van der Waals surface area contributed by atoms with Crippen molar-refractivity contribution in [1.29, 1.82) is 0 Å². The van der Waals surface area contributed by atoms with Crippen molar-refractivity contribution in [2.75, 3.05) is 13.7 Å². The van der Waals surface area contributed by atoms with Crippen LogP contribution in [0.25, 0.3) is 0 Å². The summed E-state index contributed by atoms with van der Waals surface area (Å²) in [6.07, 6.45) is 0. The average Bonchev–Trinajstić information content (AvgIpc) is 2.56. The van der Waals surface area contributed by atoms with Crippen LogP contribution in [0.2, 0.25) is 0 Å². The summed E-state index contributed by atoms with van der Waals surface area (Å²) >= 11 is 0. The van der Waals surface area contributed by atoms with Gasteiger partial charge in [0.1, 0.15) is 5.82 Å². The zero-order valence-corrected chi connectivity index (χ0v) is 15.0. The maximum absolute atomic E-state index is 14.8. The molecule has 0 radical (unpaired) electrons. The second-order valence-corrected chi connectivity index (χ2v) is 5.83. The second kappa shape index (κ2) is 7.51. The molecule has 0 saturated heterocycles. The highest BCUT2D eigenvalue weighted by Crippen LogP contribution is 2.40. The van der Waals surface area contributed by atoms with Gasteiger partial charge >= 0.3 is 11.9 Å². The topological polar surface area (TPSA) is 64.6 Å². The second-order valence-electron chi connectivity index (χ2n) is 5.83. The number of hydrogen-bond donors (Lipinski definition) is 1. The molecule has 1 aromatic rings. The molecule has 0 amide bonds. The van der Waals surface area contributed by atoms with E-state index in [9.17, 15) is 14.0 Å². The zero-order valence-electron chi connectivity index (χ0n) is 15.0. The highest BCUT2D eigenvalue weighted by Gasteiger charge is 2.39. The Morgan fingerprint density at radius 3 is 2.28 bits per heavy atom. The summed E-state index contributed by atoms with van der Waals surface area (Å²) in [6.45, 7) is 6.89. The van der Waals surface area contributed by atoms with Crippen molar-refractivity contribution in [2.45, 2.75) is 33.6 Å². The Morgan fingerprint density at radius 2 is 1.72 bits per heavy atom. The number of methoxy groups -OCH3 is 1. The van der Waals surface area contributed by atoms with Crippen LogP contribution in [0, 0.1) is 12.7 Å². The van der Waals surface area contributed by atoms with Crippen molar-refractivity contribution < 1.29 is 23.5 Å². The predicted octanol–water partition coefficient (Wildman–Crippen LogP) is 3.11. The Balaban J connectivity index is 2.74. The summed E-state index contributed by atoms with van der Waals surface area (Å²) in [5.41, 5.74) is 2.11. The monoisotopic (exact) mass is 347 g/mol. The molecule has 0 bridgehead atoms. The third kappa shape index (κ3) is 3.43. The maximum Gasteiger partial charge on any atom is 0.336 e. The number of rotatable bonds is 4. The van der Waals surface area contributed by atoms with Crippen LogP contribution in [0.3, 0.4) is 0 Å². The highest BCUT2D eigenvalue weighted by atomic mass is 19.1. The Bertz CT molecular complexity index is 780. The van der Waals surface area contributed by atoms with Gasteiger partial charge in [0.15, 0.2) is 0 Å². The standard InChI is InChI=1S/C19H22FNO4/c1-6-25-19(23)15-12(4)21-11(3)14(18(22)24-5)16(15)13-9-7-8-10(2)17(13)20/h7-9,16,21H,6H2,1-5H3. The fourth-order valence-electron chi connectivity index (χ4n) is 3.06. The Kier molecular flexibility index (Phi) is 5.62. The number of allylic oxidation sites excluding steroid dienone is 2. The van der Waals surface area contributed by atoms with E-state index < -0.39 is 23.7 Å². The number of dihydropyridines is 1. The lowest BCUT2D eigenvalue weighted by atomic mass is 9.79. The Morgan fingerprint density at radius 1 is 1.12 bits per heavy atom. The third-order valence-corrected chi connectivity index (χ3v) is 4.19. The smallest absolute Gasteiger partial charge is 0.336 e. The number of nitrogens with one attached hydrogen (secondary N) is 1. The minimum Gasteiger partial charge on any atom is -0.466 e. The normalized spacial score (nSPS) is 17.3. The number of hydrogen-bond acceptors (Lipinski definition) is 5. The summed E-state index contributed by atoms with van der Waals surface area (Å²) in [5, 5.41) is 3.00. The number of halogens is 1. The zero-order chi connectivity index (χ0) is 18.7. The first kappa shape index (κ1) is 18.7. The molecule has 1 atom stereocenters. The van der Waals surface area contributed by atoms with Crippen LogP contribution in [0.4, 0.5) is 4.39 Å². The summed E-state index contributed by atoms with van der Waals surface area (Å²) in [4.78, 5) is 24.9. The molecule has 0 aliphatic carbocycles. The van der Waals surface area contributed by atoms with Crippen LogP contribution in [0.5, 0.6) is 0 Å². The molecule has 134 valence electrons. The van der Waals surface area contributed by atoms with Gasteiger partial charge in [-0.15, -0.1) is 0 Å². The van der Waals surface area contributed by atoms with Gasteiger partial charge in [0.05, 0.1) is 30.8 Å². The van der Waals surface area contributed by atoms with Crippen molar-refractivity contribution in [1.82, 2.24) is 5.32 Å². The summed E-state index contributed by atoms with van der Waals surface area (Å²) in [6, 6.07) is 4.90. The molecule has 0 saturated carbocycles. The molecule has 6 heteroatoms. The van der Waals surface area contributed by atoms with Crippen molar-refractivity contribution >= 4 is 11.9 Å². The van der Waals surface area contributed by atoms with Crippen LogP contribution in [0.1, 0.15) is 37.8 Å². The molecule has 0 fully saturated rings. The molecule has 1 unspecified atom stereocenters. The van der Waals surface area contributed by atoms with E-state index in [4.69, 9.17) is 9.47 Å². The van der Waals surface area contributed by atoms with Gasteiger partial charge in [-0.2, -0.15) is 0 Å². The minimum absolute atomic E-state index is 0.175. The number of carbonyl (C=O) groups is 2. The van der Waals surface area contributed by atoms with Gasteiger partial charge in [0, 0.05) is 17.0 Å². The average molecular weight is 347 g/mol. The molecule has 1 aromatic carbocycles. The number of carbonyl (C=O) groups excluding carboxylic acids is 2. The lowest BCUT2D eigenvalue weighted by Gasteiger charge is -2.30. The molecule has 1 N–H and O–H groups in total. The lowest BCUT2D eigenvalue weighted by molar-refractivity contribution is -0.139. The van der Waals surface area contributed by atoms with E-state index >= 15 is 0 Å². The molecule has 25 heavy (non-hydrogen) atoms. The van der Waals surface area contributed by atoms with Gasteiger partial charge in [0.2, 0.25) is 0 Å². The first-order chi connectivity index (χ1) is 11.8. The molecule has 0 aromatic heterocycles. The fraction of sp³-hybridized carbons (Fsp3) is 0.368. The largest absolute Gasteiger partial charge is 0.466 e. The molecular weight excluding hydrogens is 325 g/mol. The number of esters is 2. The molecule has 1 heterocycles. The van der Waals surface area contributed by atoms with E-state index in [-0.39, 0.29) is 23.3 Å². The maximum atomic E-state index is 14.8. The van der Waals surface area contributed by atoms with Gasteiger partial charge in [-0.05, 0) is 33.3 Å². The highest BCUT2D eigenvalue weighted by molar-refractivity contribution is 5.99. The van der Waals surface area contributed by atoms with Crippen molar-refractivity contribution in [3.8, 4) is 0 Å². The van der Waals surface area contributed by atoms with E-state index in [1.807, 2.05) is 0 Å². The van der Waals surface area contributed by atoms with E-state index in [0.29, 0.717) is 17.0 Å². The van der Waals surface area contributed by atoms with Crippen LogP contribution in [0.15, 0.2) is 40.7 Å². The van der Waals surface area contributed by atoms with Crippen molar-refractivity contribution in [3.05, 3.63) is 57.7 Å². The summed E-state index contributed by atoms with van der Waals surface area (Å²) in [7, 11) is 1.25. The summed E-state index contributed by atoms with van der Waals surface area (Å²) < 4.78 is 24.8. The molecule has 1 aliphatic rings. The lowest BCUT2D eigenvalue weighted by Crippen LogP contribution is -2.32. The van der Waals surface area contributed by atoms with E-state index in [0.717, 1.165) is 0 Å². The van der Waals surface area contributed by atoms with E-state index in [1.54, 1.807) is 45.9 Å². The fourth-order valence-corrected chi connectivity index (χ4v) is 3.06. The first-order valence-electron chi connectivity index (χ1n) is 8.02. The molecular formula is C19H22FNO4. The van der Waals surface area contributed by atoms with Crippen LogP contribution in [-0.4, -0.2) is 25.7 Å². The van der Waals surface area contributed by atoms with E-state index in [2.05, 4.69) is 5.32 Å². The Hall–Kier alpha value is -2.63. The first-order valence-corrected chi connectivity index (χ1v) is 8.02. The number of benzene rings is 1. The van der Waals surface area contributed by atoms with Crippen molar-refractivity contribution in [3.63, 3.8) is 0 Å². The van der Waals surface area contributed by atoms with Crippen LogP contribution >= 0.6 is 0 Å². The van der Waals surface area contributed by atoms with Gasteiger partial charge < -0.3 is 14.8 Å². The Labute approximate surface area is 146 Å². The van der Waals surface area contributed by atoms with Gasteiger partial charge in [-0.3, -0.25) is 0 Å². The van der Waals surface area contributed by atoms with E-state index in [1.165, 1.54) is 7.11 Å². The summed E-state index contributed by atoms with van der Waals surface area (Å²) in [5.74, 6) is -2.57. The number of ether oxygens (including phenoxy) is 2. The minimum atomic E-state index is -0.896. The van der Waals surface area contributed by atoms with Crippen LogP contribution < -0.4 is 5.32 Å². The quantitative estimate of drug-likeness (QED) is 0.848. The van der Waals surface area contributed by atoms with Crippen molar-refractivity contribution in [2.24, 2.45) is 0 Å². The SMILES string of the molecule is CCOC(=O)C1=C(C)NC(C)=C(C(=O)OC)C1c1cccc(C)c1F. The third-order valence-electron chi connectivity index (χ3n) is 4.19. The van der Waals surface area contributed by atoms with Gasteiger partial charge in [-0.25, -0.2) is 14.0 Å². The van der Waals surface area contributed by atoms with Crippen LogP contribution in [-0.2, 0) is 19.1 Å².